The Labute approximate surface area is 135 Å². The van der Waals surface area contributed by atoms with Gasteiger partial charge in [0.1, 0.15) is 6.33 Å². The van der Waals surface area contributed by atoms with Crippen molar-refractivity contribution in [1.82, 2.24) is 24.8 Å². The Balaban J connectivity index is 1.61. The second-order valence-electron chi connectivity index (χ2n) is 6.22. The van der Waals surface area contributed by atoms with E-state index in [4.69, 9.17) is 4.98 Å². The maximum atomic E-state index is 4.83. The first-order valence-corrected chi connectivity index (χ1v) is 8.34. The number of para-hydroxylation sites is 2. The van der Waals surface area contributed by atoms with Gasteiger partial charge in [-0.05, 0) is 56.8 Å². The van der Waals surface area contributed by atoms with Crippen molar-refractivity contribution in [2.24, 2.45) is 5.92 Å². The standard InChI is InChI=1S/C18H21N5/c1-2-6-17-16(5-1)21-13-23(17)18-12-20-11-15(22-18)10-14-4-3-8-19-9-7-14/h1-2,5-6,11-14,19H,3-4,7-10H2/t14-/m1/s1. The Hall–Kier alpha value is -2.27. The molecular weight excluding hydrogens is 286 g/mol. The molecule has 5 nitrogen and oxygen atoms in total. The van der Waals surface area contributed by atoms with Crippen LogP contribution >= 0.6 is 0 Å². The molecular formula is C18H21N5. The van der Waals surface area contributed by atoms with Gasteiger partial charge in [0.2, 0.25) is 0 Å². The number of imidazole rings is 1. The maximum Gasteiger partial charge on any atom is 0.157 e. The number of hydrogen-bond donors (Lipinski definition) is 1. The van der Waals surface area contributed by atoms with Crippen LogP contribution in [0.1, 0.15) is 25.0 Å². The van der Waals surface area contributed by atoms with Crippen LogP contribution in [-0.2, 0) is 6.42 Å². The van der Waals surface area contributed by atoms with Crippen molar-refractivity contribution in [2.45, 2.75) is 25.7 Å². The van der Waals surface area contributed by atoms with E-state index < -0.39 is 0 Å². The summed E-state index contributed by atoms with van der Waals surface area (Å²) in [4.78, 5) is 13.7. The molecule has 0 unspecified atom stereocenters. The van der Waals surface area contributed by atoms with E-state index in [2.05, 4.69) is 21.4 Å². The molecule has 1 saturated heterocycles. The molecule has 0 radical (unpaired) electrons. The highest BCUT2D eigenvalue weighted by molar-refractivity contribution is 5.76. The van der Waals surface area contributed by atoms with Crippen LogP contribution in [0.4, 0.5) is 0 Å². The molecule has 23 heavy (non-hydrogen) atoms. The zero-order valence-corrected chi connectivity index (χ0v) is 13.2. The Kier molecular flexibility index (Phi) is 4.03. The molecule has 0 bridgehead atoms. The number of fused-ring (bicyclic) bond motifs is 1. The SMILES string of the molecule is c1ccc2c(c1)ncn2-c1cncc(C[C@@H]2CCCNCC2)n1. The van der Waals surface area contributed by atoms with Crippen LogP contribution in [0, 0.1) is 5.92 Å². The van der Waals surface area contributed by atoms with E-state index >= 15 is 0 Å². The van der Waals surface area contributed by atoms with E-state index in [1.807, 2.05) is 41.5 Å². The summed E-state index contributed by atoms with van der Waals surface area (Å²) in [5.74, 6) is 1.55. The number of nitrogens with one attached hydrogen (secondary N) is 1. The Morgan fingerprint density at radius 3 is 3.09 bits per heavy atom. The molecule has 1 fully saturated rings. The molecule has 0 aliphatic carbocycles. The minimum Gasteiger partial charge on any atom is -0.317 e. The minimum absolute atomic E-state index is 0.703. The summed E-state index contributed by atoms with van der Waals surface area (Å²) in [5.41, 5.74) is 3.12. The van der Waals surface area contributed by atoms with Crippen LogP contribution in [0.3, 0.4) is 0 Å². The Morgan fingerprint density at radius 1 is 1.13 bits per heavy atom. The quantitative estimate of drug-likeness (QED) is 0.808. The summed E-state index contributed by atoms with van der Waals surface area (Å²) in [5, 5.41) is 3.47. The lowest BCUT2D eigenvalue weighted by Crippen LogP contribution is -2.14. The second kappa shape index (κ2) is 6.46. The molecule has 1 aliphatic rings. The van der Waals surface area contributed by atoms with Crippen molar-refractivity contribution in [3.05, 3.63) is 48.7 Å². The van der Waals surface area contributed by atoms with Crippen molar-refractivity contribution in [2.75, 3.05) is 13.1 Å². The monoisotopic (exact) mass is 307 g/mol. The zero-order valence-electron chi connectivity index (χ0n) is 13.2. The molecule has 1 N–H and O–H groups in total. The third-order valence-electron chi connectivity index (χ3n) is 4.57. The maximum absolute atomic E-state index is 4.83. The third-order valence-corrected chi connectivity index (χ3v) is 4.57. The lowest BCUT2D eigenvalue weighted by molar-refractivity contribution is 0.464. The molecule has 0 amide bonds. The van der Waals surface area contributed by atoms with Crippen LogP contribution in [0.25, 0.3) is 16.9 Å². The normalized spacial score (nSPS) is 18.9. The highest BCUT2D eigenvalue weighted by Gasteiger charge is 2.14. The summed E-state index contributed by atoms with van der Waals surface area (Å²) in [6, 6.07) is 8.10. The summed E-state index contributed by atoms with van der Waals surface area (Å²) < 4.78 is 2.01. The van der Waals surface area contributed by atoms with Crippen molar-refractivity contribution in [3.63, 3.8) is 0 Å². The first-order chi connectivity index (χ1) is 11.4. The molecule has 1 atom stereocenters. The average molecular weight is 307 g/mol. The molecule has 3 heterocycles. The van der Waals surface area contributed by atoms with Crippen molar-refractivity contribution < 1.29 is 0 Å². The fourth-order valence-electron chi connectivity index (χ4n) is 3.34. The first kappa shape index (κ1) is 14.3. The van der Waals surface area contributed by atoms with Gasteiger partial charge < -0.3 is 5.32 Å². The van der Waals surface area contributed by atoms with E-state index in [1.54, 1.807) is 0 Å². The lowest BCUT2D eigenvalue weighted by atomic mass is 9.95. The van der Waals surface area contributed by atoms with Gasteiger partial charge in [0.25, 0.3) is 0 Å². The van der Waals surface area contributed by atoms with Gasteiger partial charge in [-0.2, -0.15) is 0 Å². The average Bonchev–Trinajstić information content (AvgIpc) is 2.85. The molecule has 2 aromatic heterocycles. The molecule has 4 rings (SSSR count). The van der Waals surface area contributed by atoms with Gasteiger partial charge in [-0.1, -0.05) is 12.1 Å². The number of benzene rings is 1. The smallest absolute Gasteiger partial charge is 0.157 e. The number of hydrogen-bond acceptors (Lipinski definition) is 4. The van der Waals surface area contributed by atoms with Crippen LogP contribution in [0.2, 0.25) is 0 Å². The van der Waals surface area contributed by atoms with E-state index in [1.165, 1.54) is 19.3 Å². The Bertz CT molecular complexity index is 787. The Morgan fingerprint density at radius 2 is 2.09 bits per heavy atom. The van der Waals surface area contributed by atoms with Gasteiger partial charge in [0, 0.05) is 6.20 Å². The van der Waals surface area contributed by atoms with E-state index in [0.29, 0.717) is 5.92 Å². The number of nitrogens with zero attached hydrogens (tertiary/aromatic N) is 4. The summed E-state index contributed by atoms with van der Waals surface area (Å²) >= 11 is 0. The van der Waals surface area contributed by atoms with Gasteiger partial charge in [0.15, 0.2) is 5.82 Å². The lowest BCUT2D eigenvalue weighted by Gasteiger charge is -2.13. The molecule has 1 aromatic carbocycles. The van der Waals surface area contributed by atoms with Gasteiger partial charge in [0.05, 0.1) is 22.9 Å². The minimum atomic E-state index is 0.703. The predicted molar refractivity (Wildman–Crippen MR) is 90.6 cm³/mol. The van der Waals surface area contributed by atoms with Crippen LogP contribution in [0.15, 0.2) is 43.0 Å². The molecule has 3 aromatic rings. The number of rotatable bonds is 3. The van der Waals surface area contributed by atoms with Crippen LogP contribution < -0.4 is 5.32 Å². The van der Waals surface area contributed by atoms with Crippen molar-refractivity contribution >= 4 is 11.0 Å². The fraction of sp³-hybridized carbons (Fsp3) is 0.389. The number of aromatic nitrogens is 4. The van der Waals surface area contributed by atoms with Gasteiger partial charge in [-0.25, -0.2) is 9.97 Å². The zero-order chi connectivity index (χ0) is 15.5. The van der Waals surface area contributed by atoms with Gasteiger partial charge in [-0.15, -0.1) is 0 Å². The third kappa shape index (κ3) is 3.10. The van der Waals surface area contributed by atoms with Crippen molar-refractivity contribution in [3.8, 4) is 5.82 Å². The van der Waals surface area contributed by atoms with Crippen molar-refractivity contribution in [1.29, 1.82) is 0 Å². The van der Waals surface area contributed by atoms with E-state index in [-0.39, 0.29) is 0 Å². The van der Waals surface area contributed by atoms with Gasteiger partial charge >= 0.3 is 0 Å². The first-order valence-electron chi connectivity index (χ1n) is 8.34. The second-order valence-corrected chi connectivity index (χ2v) is 6.22. The highest BCUT2D eigenvalue weighted by Crippen LogP contribution is 2.20. The molecule has 118 valence electrons. The summed E-state index contributed by atoms with van der Waals surface area (Å²) in [7, 11) is 0. The largest absolute Gasteiger partial charge is 0.317 e. The van der Waals surface area contributed by atoms with Gasteiger partial charge in [-0.3, -0.25) is 9.55 Å². The van der Waals surface area contributed by atoms with E-state index in [9.17, 15) is 0 Å². The summed E-state index contributed by atoms with van der Waals surface area (Å²) in [6.45, 7) is 2.26. The molecule has 0 saturated carbocycles. The fourth-order valence-corrected chi connectivity index (χ4v) is 3.34. The molecule has 0 spiro atoms. The predicted octanol–water partition coefficient (Wildman–Crippen LogP) is 2.75. The molecule has 1 aliphatic heterocycles. The van der Waals surface area contributed by atoms with Crippen LogP contribution in [-0.4, -0.2) is 32.6 Å². The van der Waals surface area contributed by atoms with Crippen LogP contribution in [0.5, 0.6) is 0 Å². The summed E-state index contributed by atoms with van der Waals surface area (Å²) in [6.07, 6.45) is 10.3. The highest BCUT2D eigenvalue weighted by atomic mass is 15.1. The van der Waals surface area contributed by atoms with E-state index in [0.717, 1.165) is 42.1 Å². The topological polar surface area (TPSA) is 55.6 Å². The molecule has 5 heteroatoms.